The molecule has 1 heterocycles. The quantitative estimate of drug-likeness (QED) is 0.892. The largest absolute Gasteiger partial charge is 0.435 e. The summed E-state index contributed by atoms with van der Waals surface area (Å²) < 4.78 is 29.0. The molecule has 1 fully saturated rings. The zero-order chi connectivity index (χ0) is 14.1. The molecule has 0 radical (unpaired) electrons. The third-order valence-electron chi connectivity index (χ3n) is 3.39. The number of hydrogen-bond donors (Lipinski definition) is 1. The van der Waals surface area contributed by atoms with Crippen molar-refractivity contribution in [3.05, 3.63) is 30.0 Å². The van der Waals surface area contributed by atoms with Crippen molar-refractivity contribution in [2.75, 3.05) is 11.9 Å². The SMILES string of the molecule is CCNc1cc(C2CC2)nc2ccc(OC(F)F)cc12. The van der Waals surface area contributed by atoms with Crippen LogP contribution in [0.1, 0.15) is 31.4 Å². The second-order valence-corrected chi connectivity index (χ2v) is 4.96. The average Bonchev–Trinajstić information content (AvgIpc) is 3.23. The van der Waals surface area contributed by atoms with Gasteiger partial charge in [0, 0.05) is 29.2 Å². The lowest BCUT2D eigenvalue weighted by atomic mass is 10.1. The predicted octanol–water partition coefficient (Wildman–Crippen LogP) is 4.15. The van der Waals surface area contributed by atoms with Gasteiger partial charge >= 0.3 is 6.61 Å². The van der Waals surface area contributed by atoms with Crippen LogP contribution in [0, 0.1) is 0 Å². The summed E-state index contributed by atoms with van der Waals surface area (Å²) in [5.74, 6) is 0.710. The van der Waals surface area contributed by atoms with E-state index < -0.39 is 6.61 Å². The molecule has 1 aromatic heterocycles. The van der Waals surface area contributed by atoms with Crippen molar-refractivity contribution in [3.63, 3.8) is 0 Å². The number of nitrogens with one attached hydrogen (secondary N) is 1. The minimum atomic E-state index is -2.81. The molecule has 3 nitrogen and oxygen atoms in total. The summed E-state index contributed by atoms with van der Waals surface area (Å²) in [5.41, 5.74) is 2.82. The van der Waals surface area contributed by atoms with Crippen LogP contribution in [0.2, 0.25) is 0 Å². The van der Waals surface area contributed by atoms with Gasteiger partial charge in [0.05, 0.1) is 5.52 Å². The van der Waals surface area contributed by atoms with Crippen molar-refractivity contribution in [2.24, 2.45) is 0 Å². The summed E-state index contributed by atoms with van der Waals surface area (Å²) >= 11 is 0. The molecule has 106 valence electrons. The smallest absolute Gasteiger partial charge is 0.387 e. The van der Waals surface area contributed by atoms with Crippen LogP contribution in [0.5, 0.6) is 5.75 Å². The summed E-state index contributed by atoms with van der Waals surface area (Å²) in [6, 6.07) is 6.91. The van der Waals surface area contributed by atoms with Gasteiger partial charge in [-0.3, -0.25) is 4.98 Å². The molecule has 1 saturated carbocycles. The van der Waals surface area contributed by atoms with Crippen molar-refractivity contribution in [1.82, 2.24) is 4.98 Å². The minimum Gasteiger partial charge on any atom is -0.435 e. The Morgan fingerprint density at radius 1 is 1.35 bits per heavy atom. The van der Waals surface area contributed by atoms with E-state index in [-0.39, 0.29) is 5.75 Å². The number of benzene rings is 1. The lowest BCUT2D eigenvalue weighted by Gasteiger charge is -2.12. The van der Waals surface area contributed by atoms with Crippen LogP contribution in [0.3, 0.4) is 0 Å². The standard InChI is InChI=1S/C15H16F2N2O/c1-2-18-14-8-13(9-3-4-9)19-12-6-5-10(7-11(12)14)20-15(16)17/h5-9,15H,2-4H2,1H3,(H,18,19). The van der Waals surface area contributed by atoms with E-state index >= 15 is 0 Å². The van der Waals surface area contributed by atoms with Crippen LogP contribution in [0.4, 0.5) is 14.5 Å². The highest BCUT2D eigenvalue weighted by atomic mass is 19.3. The molecule has 0 spiro atoms. The first-order chi connectivity index (χ1) is 9.67. The van der Waals surface area contributed by atoms with E-state index in [0.29, 0.717) is 5.92 Å². The Hall–Kier alpha value is -1.91. The third-order valence-corrected chi connectivity index (χ3v) is 3.39. The number of rotatable bonds is 5. The second-order valence-electron chi connectivity index (χ2n) is 4.96. The molecule has 1 N–H and O–H groups in total. The van der Waals surface area contributed by atoms with Crippen LogP contribution in [0.15, 0.2) is 24.3 Å². The summed E-state index contributed by atoms with van der Waals surface area (Å²) in [6.07, 6.45) is 2.35. The van der Waals surface area contributed by atoms with E-state index in [1.807, 2.05) is 13.0 Å². The zero-order valence-corrected chi connectivity index (χ0v) is 11.2. The number of anilines is 1. The number of alkyl halides is 2. The Kier molecular flexibility index (Phi) is 3.42. The molecule has 5 heteroatoms. The molecule has 0 unspecified atom stereocenters. The van der Waals surface area contributed by atoms with Gasteiger partial charge in [0.15, 0.2) is 0 Å². The molecule has 0 bridgehead atoms. The fourth-order valence-corrected chi connectivity index (χ4v) is 2.33. The molecule has 0 atom stereocenters. The van der Waals surface area contributed by atoms with Crippen LogP contribution in [-0.4, -0.2) is 18.1 Å². The van der Waals surface area contributed by atoms with Crippen LogP contribution in [0.25, 0.3) is 10.9 Å². The number of halogens is 2. The average molecular weight is 278 g/mol. The maximum absolute atomic E-state index is 12.3. The van der Waals surface area contributed by atoms with Gasteiger partial charge in [0.25, 0.3) is 0 Å². The van der Waals surface area contributed by atoms with Gasteiger partial charge in [-0.05, 0) is 44.0 Å². The number of fused-ring (bicyclic) bond motifs is 1. The number of ether oxygens (including phenoxy) is 1. The molecule has 0 aliphatic heterocycles. The molecule has 1 aromatic carbocycles. The lowest BCUT2D eigenvalue weighted by Crippen LogP contribution is -2.03. The van der Waals surface area contributed by atoms with Crippen molar-refractivity contribution >= 4 is 16.6 Å². The Balaban J connectivity index is 2.06. The van der Waals surface area contributed by atoms with Gasteiger partial charge in [-0.2, -0.15) is 8.78 Å². The molecular formula is C15H16F2N2O. The van der Waals surface area contributed by atoms with E-state index in [2.05, 4.69) is 15.0 Å². The first kappa shape index (κ1) is 13.1. The van der Waals surface area contributed by atoms with E-state index in [4.69, 9.17) is 0 Å². The van der Waals surface area contributed by atoms with Gasteiger partial charge in [-0.1, -0.05) is 0 Å². The third kappa shape index (κ3) is 2.66. The van der Waals surface area contributed by atoms with Gasteiger partial charge in [0.1, 0.15) is 5.75 Å². The van der Waals surface area contributed by atoms with Crippen LogP contribution in [-0.2, 0) is 0 Å². The fourth-order valence-electron chi connectivity index (χ4n) is 2.33. The minimum absolute atomic E-state index is 0.160. The molecule has 2 aromatic rings. The zero-order valence-electron chi connectivity index (χ0n) is 11.2. The molecule has 20 heavy (non-hydrogen) atoms. The summed E-state index contributed by atoms with van der Waals surface area (Å²) in [4.78, 5) is 4.62. The van der Waals surface area contributed by atoms with Gasteiger partial charge in [0.2, 0.25) is 0 Å². The van der Waals surface area contributed by atoms with Gasteiger partial charge in [-0.25, -0.2) is 0 Å². The second kappa shape index (κ2) is 5.23. The molecule has 3 rings (SSSR count). The molecular weight excluding hydrogens is 262 g/mol. The molecule has 0 amide bonds. The molecule has 1 aliphatic carbocycles. The summed E-state index contributed by atoms with van der Waals surface area (Å²) in [6.45, 7) is -0.0418. The maximum atomic E-state index is 12.3. The number of pyridine rings is 1. The van der Waals surface area contributed by atoms with Crippen molar-refractivity contribution in [2.45, 2.75) is 32.3 Å². The monoisotopic (exact) mass is 278 g/mol. The number of aromatic nitrogens is 1. The van der Waals surface area contributed by atoms with Gasteiger partial charge < -0.3 is 10.1 Å². The molecule has 0 saturated heterocycles. The van der Waals surface area contributed by atoms with E-state index in [9.17, 15) is 8.78 Å². The normalized spacial score (nSPS) is 14.8. The Morgan fingerprint density at radius 2 is 2.15 bits per heavy atom. The fraction of sp³-hybridized carbons (Fsp3) is 0.400. The highest BCUT2D eigenvalue weighted by Gasteiger charge is 2.26. The molecule has 1 aliphatic rings. The van der Waals surface area contributed by atoms with Crippen LogP contribution >= 0.6 is 0 Å². The highest BCUT2D eigenvalue weighted by molar-refractivity contribution is 5.92. The lowest BCUT2D eigenvalue weighted by molar-refractivity contribution is -0.0497. The van der Waals surface area contributed by atoms with Crippen molar-refractivity contribution in [1.29, 1.82) is 0 Å². The van der Waals surface area contributed by atoms with E-state index in [1.54, 1.807) is 12.1 Å². The highest BCUT2D eigenvalue weighted by Crippen LogP contribution is 2.41. The first-order valence-electron chi connectivity index (χ1n) is 6.80. The van der Waals surface area contributed by atoms with E-state index in [0.717, 1.165) is 28.8 Å². The number of hydrogen-bond acceptors (Lipinski definition) is 3. The summed E-state index contributed by atoms with van der Waals surface area (Å²) in [5, 5.41) is 4.09. The Labute approximate surface area is 116 Å². The van der Waals surface area contributed by atoms with Gasteiger partial charge in [-0.15, -0.1) is 0 Å². The summed E-state index contributed by atoms with van der Waals surface area (Å²) in [7, 11) is 0. The Morgan fingerprint density at radius 3 is 2.80 bits per heavy atom. The van der Waals surface area contributed by atoms with Crippen molar-refractivity contribution in [3.8, 4) is 5.75 Å². The predicted molar refractivity (Wildman–Crippen MR) is 74.5 cm³/mol. The van der Waals surface area contributed by atoms with Crippen molar-refractivity contribution < 1.29 is 13.5 Å². The van der Waals surface area contributed by atoms with Crippen LogP contribution < -0.4 is 10.1 Å². The first-order valence-corrected chi connectivity index (χ1v) is 6.80. The number of nitrogens with zero attached hydrogens (tertiary/aromatic N) is 1. The van der Waals surface area contributed by atoms with E-state index in [1.165, 1.54) is 18.9 Å². The maximum Gasteiger partial charge on any atom is 0.387 e. The topological polar surface area (TPSA) is 34.2 Å². The Bertz CT molecular complexity index is 627.